The van der Waals surface area contributed by atoms with Crippen molar-refractivity contribution in [3.8, 4) is 0 Å². The molecule has 0 radical (unpaired) electrons. The molecular formula is C16H21N3O3. The second-order valence-corrected chi connectivity index (χ2v) is 5.85. The minimum atomic E-state index is -0.558. The van der Waals surface area contributed by atoms with Crippen molar-refractivity contribution >= 4 is 17.5 Å². The van der Waals surface area contributed by atoms with E-state index in [1.54, 1.807) is 16.7 Å². The maximum Gasteiger partial charge on any atom is 0.242 e. The monoisotopic (exact) mass is 303 g/mol. The lowest BCUT2D eigenvalue weighted by atomic mass is 10.1. The predicted molar refractivity (Wildman–Crippen MR) is 82.6 cm³/mol. The van der Waals surface area contributed by atoms with Gasteiger partial charge >= 0.3 is 0 Å². The van der Waals surface area contributed by atoms with E-state index in [9.17, 15) is 14.7 Å². The van der Waals surface area contributed by atoms with Crippen molar-refractivity contribution in [1.29, 1.82) is 0 Å². The summed E-state index contributed by atoms with van der Waals surface area (Å²) in [5.41, 5.74) is 2.47. The van der Waals surface area contributed by atoms with Crippen molar-refractivity contribution in [2.45, 2.75) is 19.4 Å². The van der Waals surface area contributed by atoms with Crippen molar-refractivity contribution in [3.05, 3.63) is 29.3 Å². The molecule has 2 aliphatic heterocycles. The minimum absolute atomic E-state index is 0.0118. The number of carbonyl (C=O) groups excluding carboxylic acids is 2. The highest BCUT2D eigenvalue weighted by Crippen LogP contribution is 2.31. The molecule has 0 bridgehead atoms. The van der Waals surface area contributed by atoms with Gasteiger partial charge in [-0.2, -0.15) is 0 Å². The van der Waals surface area contributed by atoms with Gasteiger partial charge in [0.15, 0.2) is 0 Å². The summed E-state index contributed by atoms with van der Waals surface area (Å²) < 4.78 is 0. The standard InChI is InChI=1S/C16H21N3O3/c1-11(20)12-2-3-14-13(8-12)9-15(21)19(14)10-16(22)18-6-4-17-5-7-18/h2-3,8,11,17,20H,4-7,9-10H2,1H3. The molecule has 0 aliphatic carbocycles. The summed E-state index contributed by atoms with van der Waals surface area (Å²) in [5, 5.41) is 12.8. The zero-order valence-corrected chi connectivity index (χ0v) is 12.7. The minimum Gasteiger partial charge on any atom is -0.389 e. The molecule has 3 rings (SSSR count). The number of piperazine rings is 1. The van der Waals surface area contributed by atoms with E-state index in [1.807, 2.05) is 18.2 Å². The van der Waals surface area contributed by atoms with Crippen LogP contribution in [0.2, 0.25) is 0 Å². The molecule has 6 nitrogen and oxygen atoms in total. The third-order valence-corrected chi connectivity index (χ3v) is 4.28. The second-order valence-electron chi connectivity index (χ2n) is 5.85. The fourth-order valence-electron chi connectivity index (χ4n) is 2.99. The number of anilines is 1. The van der Waals surface area contributed by atoms with E-state index in [-0.39, 0.29) is 18.4 Å². The molecule has 0 saturated carbocycles. The number of amides is 2. The molecule has 1 fully saturated rings. The summed E-state index contributed by atoms with van der Waals surface area (Å²) in [5.74, 6) is -0.0662. The molecule has 6 heteroatoms. The van der Waals surface area contributed by atoms with E-state index >= 15 is 0 Å². The van der Waals surface area contributed by atoms with E-state index in [4.69, 9.17) is 0 Å². The maximum atomic E-state index is 12.3. The number of nitrogens with zero attached hydrogens (tertiary/aromatic N) is 2. The van der Waals surface area contributed by atoms with Gasteiger partial charge in [0, 0.05) is 31.9 Å². The van der Waals surface area contributed by atoms with Crippen LogP contribution in [-0.2, 0) is 16.0 Å². The Morgan fingerprint density at radius 3 is 2.77 bits per heavy atom. The zero-order chi connectivity index (χ0) is 15.7. The van der Waals surface area contributed by atoms with Gasteiger partial charge in [-0.3, -0.25) is 9.59 Å². The lowest BCUT2D eigenvalue weighted by Gasteiger charge is -2.29. The van der Waals surface area contributed by atoms with Crippen LogP contribution in [-0.4, -0.2) is 54.5 Å². The van der Waals surface area contributed by atoms with E-state index < -0.39 is 6.10 Å². The molecular weight excluding hydrogens is 282 g/mol. The summed E-state index contributed by atoms with van der Waals surface area (Å²) in [4.78, 5) is 27.9. The smallest absolute Gasteiger partial charge is 0.242 e. The highest BCUT2D eigenvalue weighted by molar-refractivity contribution is 6.05. The molecule has 0 aromatic heterocycles. The van der Waals surface area contributed by atoms with Crippen LogP contribution in [0.1, 0.15) is 24.2 Å². The first-order valence-corrected chi connectivity index (χ1v) is 7.66. The molecule has 1 aromatic carbocycles. The molecule has 2 aliphatic rings. The molecule has 1 aromatic rings. The molecule has 2 heterocycles. The van der Waals surface area contributed by atoms with E-state index in [1.165, 1.54) is 0 Å². The quantitative estimate of drug-likeness (QED) is 0.828. The van der Waals surface area contributed by atoms with Gasteiger partial charge in [0.2, 0.25) is 11.8 Å². The Morgan fingerprint density at radius 2 is 2.09 bits per heavy atom. The Kier molecular flexibility index (Phi) is 4.13. The van der Waals surface area contributed by atoms with Crippen LogP contribution in [0.15, 0.2) is 18.2 Å². The Hall–Kier alpha value is -1.92. The van der Waals surface area contributed by atoms with Crippen molar-refractivity contribution < 1.29 is 14.7 Å². The Bertz CT molecular complexity index is 594. The van der Waals surface area contributed by atoms with E-state index in [0.29, 0.717) is 19.5 Å². The molecule has 0 spiro atoms. The third kappa shape index (κ3) is 2.84. The van der Waals surface area contributed by atoms with Gasteiger partial charge in [0.05, 0.1) is 12.5 Å². The Balaban J connectivity index is 1.75. The van der Waals surface area contributed by atoms with Crippen LogP contribution >= 0.6 is 0 Å². The average molecular weight is 303 g/mol. The number of rotatable bonds is 3. The largest absolute Gasteiger partial charge is 0.389 e. The average Bonchev–Trinajstić information content (AvgIpc) is 2.83. The number of aliphatic hydroxyl groups is 1. The molecule has 22 heavy (non-hydrogen) atoms. The number of nitrogens with one attached hydrogen (secondary N) is 1. The number of hydrogen-bond donors (Lipinski definition) is 2. The second kappa shape index (κ2) is 6.06. The van der Waals surface area contributed by atoms with E-state index in [2.05, 4.69) is 5.32 Å². The number of carbonyl (C=O) groups is 2. The van der Waals surface area contributed by atoms with Gasteiger partial charge in [0.25, 0.3) is 0 Å². The summed E-state index contributed by atoms with van der Waals surface area (Å²) in [7, 11) is 0. The zero-order valence-electron chi connectivity index (χ0n) is 12.7. The summed E-state index contributed by atoms with van der Waals surface area (Å²) in [6.07, 6.45) is -0.262. The fourth-order valence-corrected chi connectivity index (χ4v) is 2.99. The van der Waals surface area contributed by atoms with Crippen LogP contribution in [0, 0.1) is 0 Å². The van der Waals surface area contributed by atoms with Crippen molar-refractivity contribution in [1.82, 2.24) is 10.2 Å². The van der Waals surface area contributed by atoms with Crippen molar-refractivity contribution in [2.24, 2.45) is 0 Å². The van der Waals surface area contributed by atoms with E-state index in [0.717, 1.165) is 29.9 Å². The molecule has 1 unspecified atom stereocenters. The van der Waals surface area contributed by atoms with Gasteiger partial charge in [0.1, 0.15) is 6.54 Å². The number of benzene rings is 1. The van der Waals surface area contributed by atoms with Gasteiger partial charge < -0.3 is 20.2 Å². The Labute approximate surface area is 129 Å². The van der Waals surface area contributed by atoms with Crippen molar-refractivity contribution in [2.75, 3.05) is 37.6 Å². The van der Waals surface area contributed by atoms with Gasteiger partial charge in [-0.25, -0.2) is 0 Å². The predicted octanol–water partition coefficient (Wildman–Crippen LogP) is 0.0608. The van der Waals surface area contributed by atoms with Gasteiger partial charge in [-0.05, 0) is 24.1 Å². The highest BCUT2D eigenvalue weighted by atomic mass is 16.3. The lowest BCUT2D eigenvalue weighted by Crippen LogP contribution is -2.50. The van der Waals surface area contributed by atoms with Gasteiger partial charge in [-0.15, -0.1) is 0 Å². The lowest BCUT2D eigenvalue weighted by molar-refractivity contribution is -0.131. The van der Waals surface area contributed by atoms with Crippen LogP contribution < -0.4 is 10.2 Å². The summed E-state index contributed by atoms with van der Waals surface area (Å²) in [6, 6.07) is 5.49. The number of hydrogen-bond acceptors (Lipinski definition) is 4. The van der Waals surface area contributed by atoms with Crippen LogP contribution in [0.4, 0.5) is 5.69 Å². The summed E-state index contributed by atoms with van der Waals surface area (Å²) >= 11 is 0. The normalized spacial score (nSPS) is 19.3. The fraction of sp³-hybridized carbons (Fsp3) is 0.500. The number of aliphatic hydroxyl groups excluding tert-OH is 1. The first kappa shape index (κ1) is 15.0. The molecule has 2 amide bonds. The highest BCUT2D eigenvalue weighted by Gasteiger charge is 2.30. The van der Waals surface area contributed by atoms with Crippen LogP contribution in [0.5, 0.6) is 0 Å². The van der Waals surface area contributed by atoms with Crippen LogP contribution in [0.25, 0.3) is 0 Å². The molecule has 1 atom stereocenters. The Morgan fingerprint density at radius 1 is 1.36 bits per heavy atom. The van der Waals surface area contributed by atoms with Crippen LogP contribution in [0.3, 0.4) is 0 Å². The number of fused-ring (bicyclic) bond motifs is 1. The molecule has 1 saturated heterocycles. The third-order valence-electron chi connectivity index (χ3n) is 4.28. The first-order valence-electron chi connectivity index (χ1n) is 7.66. The topological polar surface area (TPSA) is 72.9 Å². The van der Waals surface area contributed by atoms with Crippen molar-refractivity contribution in [3.63, 3.8) is 0 Å². The molecule has 2 N–H and O–H groups in total. The van der Waals surface area contributed by atoms with Gasteiger partial charge in [-0.1, -0.05) is 12.1 Å². The first-order chi connectivity index (χ1) is 10.6. The SMILES string of the molecule is CC(O)c1ccc2c(c1)CC(=O)N2CC(=O)N1CCNCC1. The maximum absolute atomic E-state index is 12.3. The summed E-state index contributed by atoms with van der Waals surface area (Å²) in [6.45, 7) is 4.77. The molecule has 118 valence electrons.